The van der Waals surface area contributed by atoms with Crippen LogP contribution in [0.25, 0.3) is 21.8 Å². The molecule has 0 saturated carbocycles. The fourth-order valence-corrected chi connectivity index (χ4v) is 3.17. The molecule has 0 aliphatic carbocycles. The van der Waals surface area contributed by atoms with Gasteiger partial charge in [-0.3, -0.25) is 15.1 Å². The van der Waals surface area contributed by atoms with E-state index in [1.807, 2.05) is 13.0 Å². The number of carboxylic acid groups (broad SMARTS) is 1. The Morgan fingerprint density at radius 2 is 1.74 bits per heavy atom. The van der Waals surface area contributed by atoms with E-state index in [-0.39, 0.29) is 22.8 Å². The summed E-state index contributed by atoms with van der Waals surface area (Å²) >= 11 is 0. The van der Waals surface area contributed by atoms with Crippen molar-refractivity contribution in [1.29, 1.82) is 0 Å². The largest absolute Gasteiger partial charge is 0.490 e. The fourth-order valence-electron chi connectivity index (χ4n) is 3.17. The second-order valence-corrected chi connectivity index (χ2v) is 7.12. The number of rotatable bonds is 2. The predicted octanol–water partition coefficient (Wildman–Crippen LogP) is 3.46. The van der Waals surface area contributed by atoms with E-state index in [9.17, 15) is 22.4 Å². The van der Waals surface area contributed by atoms with E-state index in [1.54, 1.807) is 6.07 Å². The number of benzene rings is 2. The molecule has 0 radical (unpaired) electrons. The van der Waals surface area contributed by atoms with Crippen molar-refractivity contribution in [3.05, 3.63) is 52.2 Å². The summed E-state index contributed by atoms with van der Waals surface area (Å²) in [6, 6.07) is 7.84. The number of anilines is 2. The van der Waals surface area contributed by atoms with Crippen molar-refractivity contribution in [2.45, 2.75) is 13.1 Å². The molecule has 4 aromatic rings. The molecule has 10 nitrogen and oxygen atoms in total. The van der Waals surface area contributed by atoms with Crippen molar-refractivity contribution in [3.63, 3.8) is 0 Å². The van der Waals surface area contributed by atoms with Gasteiger partial charge in [-0.25, -0.2) is 24.1 Å². The van der Waals surface area contributed by atoms with Gasteiger partial charge >= 0.3 is 12.1 Å². The third-order valence-electron chi connectivity index (χ3n) is 4.71. The van der Waals surface area contributed by atoms with Gasteiger partial charge in [-0.05, 0) is 25.1 Å². The molecule has 0 amide bonds. The summed E-state index contributed by atoms with van der Waals surface area (Å²) in [4.78, 5) is 36.7. The number of fused-ring (bicyclic) bond motifs is 3. The zero-order chi connectivity index (χ0) is 25.3. The molecule has 2 aromatic carbocycles. The molecule has 0 saturated heterocycles. The molecular weight excluding hydrogens is 478 g/mol. The van der Waals surface area contributed by atoms with Crippen LogP contribution in [0.1, 0.15) is 5.69 Å². The molecule has 3 heterocycles. The normalized spacial score (nSPS) is 12.7. The molecule has 0 bridgehead atoms. The molecule has 1 aliphatic heterocycles. The van der Waals surface area contributed by atoms with Gasteiger partial charge < -0.3 is 14.6 Å². The minimum atomic E-state index is -5.08. The molecule has 5 rings (SSSR count). The first kappa shape index (κ1) is 23.7. The first-order valence-electron chi connectivity index (χ1n) is 9.86. The monoisotopic (exact) mass is 493 g/mol. The molecule has 2 aromatic heterocycles. The standard InChI is InChI=1S/C19H14FN5O3.C2HF3O2/c1-9-11-7-14-15(28-6-5-27-14)8-13(11)22-18(21-9)25-19-23-16-10(17(26)24-19)3-2-4-12(16)20;3-2(4,5)1(6)7/h2-4,7-8H,5-6H2,1H3,(H2,21,22,23,24,25,26);(H,6,7). The number of aromatic nitrogens is 4. The van der Waals surface area contributed by atoms with Crippen molar-refractivity contribution in [1.82, 2.24) is 19.9 Å². The second kappa shape index (κ2) is 9.04. The van der Waals surface area contributed by atoms with Gasteiger partial charge in [-0.15, -0.1) is 0 Å². The van der Waals surface area contributed by atoms with E-state index in [0.717, 1.165) is 5.39 Å². The number of aliphatic carboxylic acids is 1. The number of carboxylic acids is 1. The maximum atomic E-state index is 14.0. The van der Waals surface area contributed by atoms with Crippen LogP contribution in [-0.4, -0.2) is 50.4 Å². The Bertz CT molecular complexity index is 1510. The maximum absolute atomic E-state index is 14.0. The fraction of sp³-hybridized carbons (Fsp3) is 0.190. The Kier molecular flexibility index (Phi) is 6.11. The summed E-state index contributed by atoms with van der Waals surface area (Å²) in [6.45, 7) is 2.80. The minimum Gasteiger partial charge on any atom is -0.486 e. The number of H-pyrrole nitrogens is 1. The highest BCUT2D eigenvalue weighted by atomic mass is 19.4. The van der Waals surface area contributed by atoms with Crippen LogP contribution in [-0.2, 0) is 4.79 Å². The van der Waals surface area contributed by atoms with Crippen LogP contribution in [0.4, 0.5) is 29.5 Å². The van der Waals surface area contributed by atoms with Gasteiger partial charge in [0.25, 0.3) is 5.56 Å². The van der Waals surface area contributed by atoms with Gasteiger partial charge in [0.1, 0.15) is 24.5 Å². The lowest BCUT2D eigenvalue weighted by molar-refractivity contribution is -0.192. The van der Waals surface area contributed by atoms with E-state index in [4.69, 9.17) is 19.4 Å². The number of aromatic amines is 1. The molecule has 3 N–H and O–H groups in total. The van der Waals surface area contributed by atoms with Crippen molar-refractivity contribution in [2.75, 3.05) is 18.5 Å². The lowest BCUT2D eigenvalue weighted by atomic mass is 10.1. The van der Waals surface area contributed by atoms with E-state index in [2.05, 4.69) is 25.3 Å². The molecular formula is C21H15F4N5O5. The molecule has 0 atom stereocenters. The maximum Gasteiger partial charge on any atom is 0.490 e. The summed E-state index contributed by atoms with van der Waals surface area (Å²) < 4.78 is 56.9. The summed E-state index contributed by atoms with van der Waals surface area (Å²) in [5.41, 5.74) is 0.877. The van der Waals surface area contributed by atoms with E-state index < -0.39 is 23.5 Å². The lowest BCUT2D eigenvalue weighted by Crippen LogP contribution is -2.21. The number of aryl methyl sites for hydroxylation is 1. The van der Waals surface area contributed by atoms with E-state index >= 15 is 0 Å². The quantitative estimate of drug-likeness (QED) is 0.358. The summed E-state index contributed by atoms with van der Waals surface area (Å²) in [5, 5.41) is 11.0. The molecule has 0 fully saturated rings. The van der Waals surface area contributed by atoms with E-state index in [1.165, 1.54) is 18.2 Å². The SMILES string of the molecule is Cc1nc(Nc2nc3c(F)cccc3c(=O)[nH]2)nc2cc3c(cc12)OCCO3.O=C(O)C(F)(F)F. The van der Waals surface area contributed by atoms with E-state index in [0.29, 0.717) is 35.9 Å². The van der Waals surface area contributed by atoms with Crippen molar-refractivity contribution in [2.24, 2.45) is 0 Å². The summed E-state index contributed by atoms with van der Waals surface area (Å²) in [7, 11) is 0. The molecule has 0 spiro atoms. The van der Waals surface area contributed by atoms with Crippen molar-refractivity contribution >= 4 is 39.7 Å². The van der Waals surface area contributed by atoms with Crippen LogP contribution in [0.2, 0.25) is 0 Å². The Labute approximate surface area is 192 Å². The predicted molar refractivity (Wildman–Crippen MR) is 115 cm³/mol. The Balaban J connectivity index is 0.000000364. The smallest absolute Gasteiger partial charge is 0.486 e. The topological polar surface area (TPSA) is 139 Å². The number of nitrogens with zero attached hydrogens (tertiary/aromatic N) is 3. The summed E-state index contributed by atoms with van der Waals surface area (Å²) in [5.74, 6) is -1.79. The molecule has 182 valence electrons. The Hall–Kier alpha value is -4.49. The number of carbonyl (C=O) groups is 1. The zero-order valence-corrected chi connectivity index (χ0v) is 17.7. The average Bonchev–Trinajstić information content (AvgIpc) is 2.79. The van der Waals surface area contributed by atoms with Crippen LogP contribution in [0.15, 0.2) is 35.1 Å². The average molecular weight is 493 g/mol. The second-order valence-electron chi connectivity index (χ2n) is 7.12. The van der Waals surface area contributed by atoms with Crippen LogP contribution < -0.4 is 20.3 Å². The molecule has 14 heteroatoms. The van der Waals surface area contributed by atoms with Crippen molar-refractivity contribution in [3.8, 4) is 11.5 Å². The van der Waals surface area contributed by atoms with Crippen LogP contribution in [0.3, 0.4) is 0 Å². The number of ether oxygens (including phenoxy) is 2. The van der Waals surface area contributed by atoms with Gasteiger partial charge in [-0.2, -0.15) is 13.2 Å². The van der Waals surface area contributed by atoms with Gasteiger partial charge in [0, 0.05) is 11.5 Å². The van der Waals surface area contributed by atoms with Gasteiger partial charge in [-0.1, -0.05) is 6.07 Å². The third kappa shape index (κ3) is 5.05. The Morgan fingerprint density at radius 3 is 2.40 bits per heavy atom. The molecule has 1 aliphatic rings. The Morgan fingerprint density at radius 1 is 1.09 bits per heavy atom. The molecule has 0 unspecified atom stereocenters. The number of hydrogen-bond donors (Lipinski definition) is 3. The van der Waals surface area contributed by atoms with Gasteiger partial charge in [0.15, 0.2) is 11.5 Å². The highest BCUT2D eigenvalue weighted by molar-refractivity contribution is 5.86. The number of nitrogens with one attached hydrogen (secondary N) is 2. The summed E-state index contributed by atoms with van der Waals surface area (Å²) in [6.07, 6.45) is -5.08. The third-order valence-corrected chi connectivity index (χ3v) is 4.71. The van der Waals surface area contributed by atoms with Crippen molar-refractivity contribution < 1.29 is 36.9 Å². The number of hydrogen-bond acceptors (Lipinski definition) is 8. The first-order valence-corrected chi connectivity index (χ1v) is 9.86. The number of para-hydroxylation sites is 1. The minimum absolute atomic E-state index is 0.0223. The first-order chi connectivity index (χ1) is 16.5. The van der Waals surface area contributed by atoms with Crippen LogP contribution in [0.5, 0.6) is 11.5 Å². The van der Waals surface area contributed by atoms with Crippen LogP contribution in [0, 0.1) is 12.7 Å². The lowest BCUT2D eigenvalue weighted by Gasteiger charge is -2.19. The highest BCUT2D eigenvalue weighted by Crippen LogP contribution is 2.35. The highest BCUT2D eigenvalue weighted by Gasteiger charge is 2.38. The van der Waals surface area contributed by atoms with Gasteiger partial charge in [0.05, 0.1) is 16.6 Å². The molecule has 35 heavy (non-hydrogen) atoms. The zero-order valence-electron chi connectivity index (χ0n) is 17.7. The van der Waals surface area contributed by atoms with Gasteiger partial charge in [0.2, 0.25) is 11.9 Å². The number of halogens is 4. The number of alkyl halides is 3. The van der Waals surface area contributed by atoms with Crippen LogP contribution >= 0.6 is 0 Å².